The van der Waals surface area contributed by atoms with Gasteiger partial charge in [-0.3, -0.25) is 0 Å². The fraction of sp³-hybridized carbons (Fsp3) is 0.176. The van der Waals surface area contributed by atoms with E-state index in [1.165, 1.54) is 23.8 Å². The summed E-state index contributed by atoms with van der Waals surface area (Å²) in [6.45, 7) is 0. The highest BCUT2D eigenvalue weighted by Crippen LogP contribution is 2.44. The first kappa shape index (κ1) is 11.8. The zero-order valence-corrected chi connectivity index (χ0v) is 11.8. The largest absolute Gasteiger partial charge is 0.251 e. The fourth-order valence-corrected chi connectivity index (χ4v) is 2.94. The van der Waals surface area contributed by atoms with Gasteiger partial charge >= 0.3 is 0 Å². The highest BCUT2D eigenvalue weighted by Gasteiger charge is 2.28. The lowest BCUT2D eigenvalue weighted by Crippen LogP contribution is -1.99. The van der Waals surface area contributed by atoms with Crippen molar-refractivity contribution in [3.05, 3.63) is 54.5 Å². The van der Waals surface area contributed by atoms with E-state index in [0.29, 0.717) is 11.7 Å². The molecule has 1 fully saturated rings. The number of hydrogen-bond acceptors (Lipinski definition) is 4. The highest BCUT2D eigenvalue weighted by molar-refractivity contribution is 5.83. The van der Waals surface area contributed by atoms with Crippen LogP contribution in [0.3, 0.4) is 0 Å². The number of aromatic nitrogens is 5. The number of rotatable bonds is 2. The first-order valence-electron chi connectivity index (χ1n) is 7.45. The van der Waals surface area contributed by atoms with Crippen molar-refractivity contribution in [2.75, 3.05) is 0 Å². The summed E-state index contributed by atoms with van der Waals surface area (Å²) in [4.78, 5) is 13.5. The standard InChI is InChI=1S/C17H13N5/c1-2-4-14-12(3-1)9-13(11-5-6-11)16(21-14)15-10-19-17-18-7-8-20-22(15)17/h1-4,7-11H,5-6H2. The number of hydrogen-bond donors (Lipinski definition) is 0. The second-order valence-electron chi connectivity index (χ2n) is 5.69. The van der Waals surface area contributed by atoms with E-state index in [0.717, 1.165) is 16.9 Å². The van der Waals surface area contributed by atoms with Gasteiger partial charge in [-0.05, 0) is 36.5 Å². The minimum Gasteiger partial charge on any atom is -0.246 e. The maximum atomic E-state index is 4.90. The Morgan fingerprint density at radius 2 is 1.95 bits per heavy atom. The molecule has 106 valence electrons. The molecule has 0 amide bonds. The van der Waals surface area contributed by atoms with Gasteiger partial charge in [0, 0.05) is 5.39 Å². The van der Waals surface area contributed by atoms with Gasteiger partial charge in [0.2, 0.25) is 0 Å². The zero-order valence-electron chi connectivity index (χ0n) is 11.8. The van der Waals surface area contributed by atoms with Gasteiger partial charge in [0.05, 0.1) is 29.8 Å². The molecule has 4 aromatic rings. The van der Waals surface area contributed by atoms with Crippen LogP contribution in [0.4, 0.5) is 0 Å². The Bertz CT molecular complexity index is 1000. The molecule has 1 aliphatic carbocycles. The molecule has 3 heterocycles. The SMILES string of the molecule is c1ccc2nc(-c3cnc4nccnn34)c(C3CC3)cc2c1. The Kier molecular flexibility index (Phi) is 2.33. The fourth-order valence-electron chi connectivity index (χ4n) is 2.94. The summed E-state index contributed by atoms with van der Waals surface area (Å²) < 4.78 is 1.77. The smallest absolute Gasteiger partial charge is 0.246 e. The van der Waals surface area contributed by atoms with Crippen molar-refractivity contribution in [2.24, 2.45) is 0 Å². The monoisotopic (exact) mass is 287 g/mol. The Morgan fingerprint density at radius 1 is 1.05 bits per heavy atom. The van der Waals surface area contributed by atoms with Crippen LogP contribution < -0.4 is 0 Å². The molecule has 0 unspecified atom stereocenters. The van der Waals surface area contributed by atoms with Crippen molar-refractivity contribution in [2.45, 2.75) is 18.8 Å². The molecule has 1 saturated carbocycles. The third kappa shape index (κ3) is 1.72. The Labute approximate surface area is 126 Å². The summed E-state index contributed by atoms with van der Waals surface area (Å²) in [5, 5.41) is 5.56. The molecule has 0 N–H and O–H groups in total. The maximum Gasteiger partial charge on any atom is 0.251 e. The van der Waals surface area contributed by atoms with E-state index in [1.54, 1.807) is 16.9 Å². The second-order valence-corrected chi connectivity index (χ2v) is 5.69. The van der Waals surface area contributed by atoms with E-state index < -0.39 is 0 Å². The van der Waals surface area contributed by atoms with Crippen LogP contribution in [0.25, 0.3) is 28.1 Å². The lowest BCUT2D eigenvalue weighted by molar-refractivity contribution is 0.902. The summed E-state index contributed by atoms with van der Waals surface area (Å²) in [5.74, 6) is 1.21. The van der Waals surface area contributed by atoms with Crippen LogP contribution in [0.15, 0.2) is 48.9 Å². The molecule has 0 aliphatic heterocycles. The number of pyridine rings is 1. The minimum atomic E-state index is 0.606. The van der Waals surface area contributed by atoms with Crippen molar-refractivity contribution in [3.63, 3.8) is 0 Å². The molecule has 22 heavy (non-hydrogen) atoms. The van der Waals surface area contributed by atoms with E-state index in [1.807, 2.05) is 18.3 Å². The van der Waals surface area contributed by atoms with Crippen molar-refractivity contribution >= 4 is 16.7 Å². The predicted molar refractivity (Wildman–Crippen MR) is 83.5 cm³/mol. The molecule has 5 nitrogen and oxygen atoms in total. The van der Waals surface area contributed by atoms with Gasteiger partial charge in [-0.1, -0.05) is 18.2 Å². The molecule has 0 radical (unpaired) electrons. The lowest BCUT2D eigenvalue weighted by Gasteiger charge is -2.09. The third-order valence-electron chi connectivity index (χ3n) is 4.17. The molecule has 1 aromatic carbocycles. The molecular formula is C17H13N5. The van der Waals surface area contributed by atoms with Crippen LogP contribution in [-0.2, 0) is 0 Å². The molecule has 0 atom stereocenters. The van der Waals surface area contributed by atoms with Crippen molar-refractivity contribution < 1.29 is 0 Å². The first-order chi connectivity index (χ1) is 10.9. The van der Waals surface area contributed by atoms with Gasteiger partial charge < -0.3 is 0 Å². The molecule has 0 saturated heterocycles. The summed E-state index contributed by atoms with van der Waals surface area (Å²) in [6.07, 6.45) is 7.61. The Morgan fingerprint density at radius 3 is 2.86 bits per heavy atom. The molecule has 5 rings (SSSR count). The zero-order chi connectivity index (χ0) is 14.5. The molecular weight excluding hydrogens is 274 g/mol. The number of benzene rings is 1. The van der Waals surface area contributed by atoms with E-state index >= 15 is 0 Å². The summed E-state index contributed by atoms with van der Waals surface area (Å²) >= 11 is 0. The van der Waals surface area contributed by atoms with E-state index in [2.05, 4.69) is 33.3 Å². The molecule has 1 aliphatic rings. The predicted octanol–water partition coefficient (Wildman–Crippen LogP) is 3.22. The number of imidazole rings is 1. The van der Waals surface area contributed by atoms with Crippen molar-refractivity contribution in [1.29, 1.82) is 0 Å². The summed E-state index contributed by atoms with van der Waals surface area (Å²) in [6, 6.07) is 10.5. The van der Waals surface area contributed by atoms with Gasteiger partial charge in [-0.25, -0.2) is 15.0 Å². The van der Waals surface area contributed by atoms with Crippen LogP contribution >= 0.6 is 0 Å². The summed E-state index contributed by atoms with van der Waals surface area (Å²) in [5.41, 5.74) is 4.19. The average Bonchev–Trinajstić information content (AvgIpc) is 3.33. The van der Waals surface area contributed by atoms with E-state index in [4.69, 9.17) is 4.98 Å². The van der Waals surface area contributed by atoms with Crippen LogP contribution in [0, 0.1) is 0 Å². The lowest BCUT2D eigenvalue weighted by atomic mass is 10.0. The second kappa shape index (κ2) is 4.34. The molecule has 5 heteroatoms. The van der Waals surface area contributed by atoms with Crippen molar-refractivity contribution in [3.8, 4) is 11.4 Å². The summed E-state index contributed by atoms with van der Waals surface area (Å²) in [7, 11) is 0. The van der Waals surface area contributed by atoms with Crippen LogP contribution in [0.2, 0.25) is 0 Å². The van der Waals surface area contributed by atoms with Crippen LogP contribution in [-0.4, -0.2) is 24.6 Å². The highest BCUT2D eigenvalue weighted by atomic mass is 15.3. The van der Waals surface area contributed by atoms with Gasteiger partial charge in [-0.2, -0.15) is 9.61 Å². The van der Waals surface area contributed by atoms with Gasteiger partial charge in [0.1, 0.15) is 5.69 Å². The van der Waals surface area contributed by atoms with Gasteiger partial charge in [-0.15, -0.1) is 0 Å². The molecule has 0 spiro atoms. The maximum absolute atomic E-state index is 4.90. The molecule has 0 bridgehead atoms. The van der Waals surface area contributed by atoms with Crippen LogP contribution in [0.5, 0.6) is 0 Å². The van der Waals surface area contributed by atoms with Gasteiger partial charge in [0.15, 0.2) is 0 Å². The normalized spacial score (nSPS) is 14.7. The van der Waals surface area contributed by atoms with Crippen LogP contribution in [0.1, 0.15) is 24.3 Å². The number of nitrogens with zero attached hydrogens (tertiary/aromatic N) is 5. The Balaban J connectivity index is 1.84. The Hall–Kier alpha value is -2.82. The number of para-hydroxylation sites is 1. The average molecular weight is 287 g/mol. The quantitative estimate of drug-likeness (QED) is 0.568. The minimum absolute atomic E-state index is 0.606. The van der Waals surface area contributed by atoms with E-state index in [-0.39, 0.29) is 0 Å². The third-order valence-corrected chi connectivity index (χ3v) is 4.17. The van der Waals surface area contributed by atoms with Crippen molar-refractivity contribution in [1.82, 2.24) is 24.6 Å². The van der Waals surface area contributed by atoms with E-state index in [9.17, 15) is 0 Å². The van der Waals surface area contributed by atoms with Gasteiger partial charge in [0.25, 0.3) is 5.78 Å². The first-order valence-corrected chi connectivity index (χ1v) is 7.45. The topological polar surface area (TPSA) is 56.0 Å². The molecule has 3 aromatic heterocycles. The number of fused-ring (bicyclic) bond motifs is 2.